The van der Waals surface area contributed by atoms with Crippen molar-refractivity contribution in [3.8, 4) is 0 Å². The first kappa shape index (κ1) is 17.4. The molecule has 6 heteroatoms. The highest BCUT2D eigenvalue weighted by atomic mass is 16.3. The second-order valence-electron chi connectivity index (χ2n) is 7.40. The molecule has 0 radical (unpaired) electrons. The van der Waals surface area contributed by atoms with Crippen LogP contribution in [0.25, 0.3) is 0 Å². The summed E-state index contributed by atoms with van der Waals surface area (Å²) in [7, 11) is 2.15. The normalized spacial score (nSPS) is 22.1. The fourth-order valence-electron chi connectivity index (χ4n) is 3.78. The standard InChI is InChI=1S/C20H27N5O/c1-23-8-10-25(11-9-23)20-21-12-16(13-22-20)14-24-7-6-19(26)18-5-3-2-4-17(18)15-24/h2-5,12-13,19,26H,6-11,14-15H2,1H3. The van der Waals surface area contributed by atoms with Crippen LogP contribution < -0.4 is 4.90 Å². The van der Waals surface area contributed by atoms with E-state index in [9.17, 15) is 5.11 Å². The number of aliphatic hydroxyl groups is 1. The third-order valence-corrected chi connectivity index (χ3v) is 5.41. The van der Waals surface area contributed by atoms with Crippen LogP contribution >= 0.6 is 0 Å². The van der Waals surface area contributed by atoms with Gasteiger partial charge in [0, 0.05) is 63.8 Å². The Morgan fingerprint density at radius 2 is 1.77 bits per heavy atom. The number of likely N-dealkylation sites (N-methyl/N-ethyl adjacent to an activating group) is 1. The minimum absolute atomic E-state index is 0.368. The first-order valence-electron chi connectivity index (χ1n) is 9.41. The van der Waals surface area contributed by atoms with E-state index >= 15 is 0 Å². The summed E-state index contributed by atoms with van der Waals surface area (Å²) in [6.45, 7) is 6.61. The molecule has 4 rings (SSSR count). The lowest BCUT2D eigenvalue weighted by Gasteiger charge is -2.32. The summed E-state index contributed by atoms with van der Waals surface area (Å²) in [5, 5.41) is 10.4. The number of piperazine rings is 1. The van der Waals surface area contributed by atoms with Gasteiger partial charge in [-0.15, -0.1) is 0 Å². The summed E-state index contributed by atoms with van der Waals surface area (Å²) in [5.74, 6) is 0.832. The van der Waals surface area contributed by atoms with Gasteiger partial charge in [0.05, 0.1) is 6.10 Å². The van der Waals surface area contributed by atoms with E-state index in [1.54, 1.807) is 0 Å². The second-order valence-corrected chi connectivity index (χ2v) is 7.40. The van der Waals surface area contributed by atoms with Crippen molar-refractivity contribution in [2.75, 3.05) is 44.7 Å². The van der Waals surface area contributed by atoms with Gasteiger partial charge in [-0.3, -0.25) is 4.90 Å². The van der Waals surface area contributed by atoms with Gasteiger partial charge in [0.15, 0.2) is 0 Å². The van der Waals surface area contributed by atoms with Crippen LogP contribution in [0.3, 0.4) is 0 Å². The van der Waals surface area contributed by atoms with Gasteiger partial charge < -0.3 is 14.9 Å². The molecule has 1 aromatic carbocycles. The van der Waals surface area contributed by atoms with E-state index in [-0.39, 0.29) is 6.10 Å². The molecule has 3 heterocycles. The molecule has 6 nitrogen and oxygen atoms in total. The van der Waals surface area contributed by atoms with Gasteiger partial charge in [-0.2, -0.15) is 0 Å². The summed E-state index contributed by atoms with van der Waals surface area (Å²) in [6, 6.07) is 8.20. The molecule has 0 bridgehead atoms. The monoisotopic (exact) mass is 353 g/mol. The number of hydrogen-bond acceptors (Lipinski definition) is 6. The quantitative estimate of drug-likeness (QED) is 0.906. The molecule has 1 unspecified atom stereocenters. The summed E-state index contributed by atoms with van der Waals surface area (Å²) < 4.78 is 0. The van der Waals surface area contributed by atoms with E-state index in [1.165, 1.54) is 5.56 Å². The van der Waals surface area contributed by atoms with Gasteiger partial charge >= 0.3 is 0 Å². The molecule has 2 aromatic rings. The van der Waals surface area contributed by atoms with Crippen molar-refractivity contribution in [3.63, 3.8) is 0 Å². The summed E-state index contributed by atoms with van der Waals surface area (Å²) >= 11 is 0. The Morgan fingerprint density at radius 1 is 1.04 bits per heavy atom. The van der Waals surface area contributed by atoms with E-state index in [4.69, 9.17) is 0 Å². The largest absolute Gasteiger partial charge is 0.388 e. The Bertz CT molecular complexity index is 727. The fraction of sp³-hybridized carbons (Fsp3) is 0.500. The van der Waals surface area contributed by atoms with Crippen molar-refractivity contribution in [1.82, 2.24) is 19.8 Å². The zero-order valence-electron chi connectivity index (χ0n) is 15.4. The molecule has 138 valence electrons. The van der Waals surface area contributed by atoms with E-state index in [0.717, 1.165) is 69.3 Å². The summed E-state index contributed by atoms with van der Waals surface area (Å²) in [4.78, 5) is 16.1. The number of fused-ring (bicyclic) bond motifs is 1. The van der Waals surface area contributed by atoms with Gasteiger partial charge in [0.25, 0.3) is 0 Å². The van der Waals surface area contributed by atoms with Gasteiger partial charge in [0.2, 0.25) is 5.95 Å². The molecule has 0 saturated carbocycles. The zero-order chi connectivity index (χ0) is 17.9. The Balaban J connectivity index is 1.41. The smallest absolute Gasteiger partial charge is 0.225 e. The average Bonchev–Trinajstić information content (AvgIpc) is 2.82. The van der Waals surface area contributed by atoms with Crippen molar-refractivity contribution >= 4 is 5.95 Å². The lowest BCUT2D eigenvalue weighted by atomic mass is 10.0. The molecule has 1 aromatic heterocycles. The SMILES string of the molecule is CN1CCN(c2ncc(CN3CCC(O)c4ccccc4C3)cn2)CC1. The van der Waals surface area contributed by atoms with E-state index in [1.807, 2.05) is 30.6 Å². The van der Waals surface area contributed by atoms with Crippen molar-refractivity contribution in [1.29, 1.82) is 0 Å². The third-order valence-electron chi connectivity index (χ3n) is 5.41. The molecule has 0 amide bonds. The Labute approximate surface area is 155 Å². The number of nitrogens with zero attached hydrogens (tertiary/aromatic N) is 5. The second kappa shape index (κ2) is 7.70. The molecule has 1 N–H and O–H groups in total. The van der Waals surface area contributed by atoms with Gasteiger partial charge in [-0.1, -0.05) is 24.3 Å². The van der Waals surface area contributed by atoms with Gasteiger partial charge in [-0.25, -0.2) is 9.97 Å². The van der Waals surface area contributed by atoms with Crippen molar-refractivity contribution in [2.45, 2.75) is 25.6 Å². The highest BCUT2D eigenvalue weighted by Gasteiger charge is 2.21. The number of aromatic nitrogens is 2. The minimum Gasteiger partial charge on any atom is -0.388 e. The Hall–Kier alpha value is -2.02. The number of anilines is 1. The molecular weight excluding hydrogens is 326 g/mol. The number of hydrogen-bond donors (Lipinski definition) is 1. The van der Waals surface area contributed by atoms with E-state index in [0.29, 0.717) is 0 Å². The van der Waals surface area contributed by atoms with Gasteiger partial charge in [-0.05, 0) is 24.6 Å². The fourth-order valence-corrected chi connectivity index (χ4v) is 3.78. The number of benzene rings is 1. The molecule has 2 aliphatic rings. The summed E-state index contributed by atoms with van der Waals surface area (Å²) in [5.41, 5.74) is 3.40. The lowest BCUT2D eigenvalue weighted by molar-refractivity contribution is 0.149. The summed E-state index contributed by atoms with van der Waals surface area (Å²) in [6.07, 6.45) is 4.30. The molecule has 1 saturated heterocycles. The average molecular weight is 353 g/mol. The molecule has 0 spiro atoms. The van der Waals surface area contributed by atoms with Crippen LogP contribution in [-0.2, 0) is 13.1 Å². The zero-order valence-corrected chi connectivity index (χ0v) is 15.4. The van der Waals surface area contributed by atoms with Crippen molar-refractivity contribution < 1.29 is 5.11 Å². The highest BCUT2D eigenvalue weighted by molar-refractivity contribution is 5.32. The molecule has 1 fully saturated rings. The first-order valence-corrected chi connectivity index (χ1v) is 9.41. The van der Waals surface area contributed by atoms with Crippen LogP contribution in [-0.4, -0.2) is 64.6 Å². The molecule has 0 aliphatic carbocycles. The predicted octanol–water partition coefficient (Wildman–Crippen LogP) is 1.67. The number of rotatable bonds is 3. The maximum atomic E-state index is 10.4. The van der Waals surface area contributed by atoms with E-state index < -0.39 is 0 Å². The van der Waals surface area contributed by atoms with Crippen molar-refractivity contribution in [3.05, 3.63) is 53.3 Å². The Morgan fingerprint density at radius 3 is 2.54 bits per heavy atom. The lowest BCUT2D eigenvalue weighted by Crippen LogP contribution is -2.45. The van der Waals surface area contributed by atoms with Gasteiger partial charge in [0.1, 0.15) is 0 Å². The topological polar surface area (TPSA) is 55.7 Å². The third kappa shape index (κ3) is 3.87. The van der Waals surface area contributed by atoms with Crippen LogP contribution in [0, 0.1) is 0 Å². The molecule has 2 aliphatic heterocycles. The number of aliphatic hydroxyl groups excluding tert-OH is 1. The van der Waals surface area contributed by atoms with Crippen molar-refractivity contribution in [2.24, 2.45) is 0 Å². The maximum Gasteiger partial charge on any atom is 0.225 e. The predicted molar refractivity (Wildman–Crippen MR) is 102 cm³/mol. The van der Waals surface area contributed by atoms with Crippen LogP contribution in [0.5, 0.6) is 0 Å². The Kier molecular flexibility index (Phi) is 5.15. The maximum absolute atomic E-state index is 10.4. The molecule has 26 heavy (non-hydrogen) atoms. The molecule has 1 atom stereocenters. The first-order chi connectivity index (χ1) is 12.7. The van der Waals surface area contributed by atoms with Crippen LogP contribution in [0.4, 0.5) is 5.95 Å². The van der Waals surface area contributed by atoms with Crippen LogP contribution in [0.1, 0.15) is 29.2 Å². The minimum atomic E-state index is -0.368. The van der Waals surface area contributed by atoms with Crippen LogP contribution in [0.2, 0.25) is 0 Å². The van der Waals surface area contributed by atoms with E-state index in [2.05, 4.69) is 37.8 Å². The van der Waals surface area contributed by atoms with Crippen LogP contribution in [0.15, 0.2) is 36.7 Å². The molecular formula is C20H27N5O. The highest BCUT2D eigenvalue weighted by Crippen LogP contribution is 2.27.